The van der Waals surface area contributed by atoms with Crippen molar-refractivity contribution in [3.8, 4) is 0 Å². The summed E-state index contributed by atoms with van der Waals surface area (Å²) in [5.41, 5.74) is -3.14. The van der Waals surface area contributed by atoms with E-state index in [1.54, 1.807) is 0 Å². The summed E-state index contributed by atoms with van der Waals surface area (Å²) in [5.74, 6) is -0.452. The standard InChI is InChI=1S/C23H34N2O7Si/c1-21(2,3)33(5,6)32-20-19(29)22(17(24-4)18(28)23(20,30)14-26)12-16(27)25(22)31-13-15-10-8-7-9-11-15/h7-11,17-20,26,28-30H,12-14H2,1-3,5-6H3/t17-,18-,19+,20-,22+,23-/m0/s1. The topological polar surface area (TPSA) is 124 Å². The molecule has 3 rings (SSSR count). The average Bonchev–Trinajstić information content (AvgIpc) is 2.75. The number of amides is 1. The average molecular weight is 479 g/mol. The van der Waals surface area contributed by atoms with Gasteiger partial charge in [0.1, 0.15) is 24.4 Å². The van der Waals surface area contributed by atoms with Crippen LogP contribution in [0.5, 0.6) is 0 Å². The maximum absolute atomic E-state index is 12.6. The molecule has 33 heavy (non-hydrogen) atoms. The van der Waals surface area contributed by atoms with Crippen LogP contribution in [-0.2, 0) is 20.7 Å². The Labute approximate surface area is 195 Å². The summed E-state index contributed by atoms with van der Waals surface area (Å²) >= 11 is 0. The van der Waals surface area contributed by atoms with Crippen LogP contribution in [0.3, 0.4) is 0 Å². The van der Waals surface area contributed by atoms with Gasteiger partial charge in [0.2, 0.25) is 5.91 Å². The smallest absolute Gasteiger partial charge is 0.280 e. The first-order valence-corrected chi connectivity index (χ1v) is 13.9. The SMILES string of the molecule is [C-]#[N+][C@H]1[C@H](O)[C@@](O)(CO)[C@@H](O[Si](C)(C)C(C)(C)C)[C@@H](O)[C@@]12CC(=O)N2OCc1ccccc1. The molecule has 1 aliphatic heterocycles. The molecule has 1 aromatic carbocycles. The van der Waals surface area contributed by atoms with Crippen LogP contribution in [0.1, 0.15) is 32.8 Å². The lowest BCUT2D eigenvalue weighted by Crippen LogP contribution is -2.86. The molecular weight excluding hydrogens is 444 g/mol. The monoisotopic (exact) mass is 478 g/mol. The number of carbonyl (C=O) groups excluding carboxylic acids is 1. The summed E-state index contributed by atoms with van der Waals surface area (Å²) < 4.78 is 6.33. The number of carbonyl (C=O) groups is 1. The fourth-order valence-electron chi connectivity index (χ4n) is 4.33. The summed E-state index contributed by atoms with van der Waals surface area (Å²) in [6.45, 7) is 16.5. The molecule has 1 aliphatic carbocycles. The third-order valence-corrected chi connectivity index (χ3v) is 11.9. The minimum atomic E-state index is -2.63. The van der Waals surface area contributed by atoms with Gasteiger partial charge in [-0.15, -0.1) is 0 Å². The Bertz CT molecular complexity index is 916. The van der Waals surface area contributed by atoms with E-state index in [-0.39, 0.29) is 18.1 Å². The molecule has 0 radical (unpaired) electrons. The van der Waals surface area contributed by atoms with Gasteiger partial charge in [-0.25, -0.2) is 11.6 Å². The molecule has 0 bridgehead atoms. The summed E-state index contributed by atoms with van der Waals surface area (Å²) in [5, 5.41) is 44.6. The zero-order valence-corrected chi connectivity index (χ0v) is 20.7. The lowest BCUT2D eigenvalue weighted by molar-refractivity contribution is -0.329. The van der Waals surface area contributed by atoms with Gasteiger partial charge in [-0.1, -0.05) is 51.1 Å². The van der Waals surface area contributed by atoms with Crippen LogP contribution in [0.25, 0.3) is 4.85 Å². The predicted molar refractivity (Wildman–Crippen MR) is 122 cm³/mol. The predicted octanol–water partition coefficient (Wildman–Crippen LogP) is 1.23. The molecule has 1 amide bonds. The van der Waals surface area contributed by atoms with Gasteiger partial charge >= 0.3 is 0 Å². The zero-order valence-electron chi connectivity index (χ0n) is 19.7. The highest BCUT2D eigenvalue weighted by Crippen LogP contribution is 2.51. The van der Waals surface area contributed by atoms with E-state index in [1.807, 2.05) is 64.2 Å². The number of hydroxylamine groups is 2. The Kier molecular flexibility index (Phi) is 6.83. The van der Waals surface area contributed by atoms with E-state index in [1.165, 1.54) is 0 Å². The van der Waals surface area contributed by atoms with E-state index < -0.39 is 56.3 Å². The van der Waals surface area contributed by atoms with Crippen LogP contribution in [0.2, 0.25) is 18.1 Å². The lowest BCUT2D eigenvalue weighted by Gasteiger charge is -2.61. The maximum Gasteiger partial charge on any atom is 0.280 e. The van der Waals surface area contributed by atoms with E-state index in [0.717, 1.165) is 10.6 Å². The maximum atomic E-state index is 12.6. The van der Waals surface area contributed by atoms with Crippen molar-refractivity contribution < 1.29 is 34.5 Å². The van der Waals surface area contributed by atoms with Crippen molar-refractivity contribution in [2.45, 2.75) is 87.4 Å². The molecular formula is C23H34N2O7Si. The fourth-order valence-corrected chi connectivity index (χ4v) is 5.66. The van der Waals surface area contributed by atoms with Crippen LogP contribution in [0.15, 0.2) is 30.3 Å². The summed E-state index contributed by atoms with van der Waals surface area (Å²) in [6, 6.07) is 7.66. The van der Waals surface area contributed by atoms with Crippen LogP contribution in [-0.4, -0.2) is 81.8 Å². The van der Waals surface area contributed by atoms with E-state index >= 15 is 0 Å². The molecule has 1 heterocycles. The quantitative estimate of drug-likeness (QED) is 0.275. The third kappa shape index (κ3) is 4.02. The van der Waals surface area contributed by atoms with Crippen LogP contribution < -0.4 is 0 Å². The fraction of sp³-hybridized carbons (Fsp3) is 0.652. The second-order valence-electron chi connectivity index (χ2n) is 10.5. The molecule has 6 atom stereocenters. The Balaban J connectivity index is 2.01. The van der Waals surface area contributed by atoms with Crippen molar-refractivity contribution >= 4 is 14.2 Å². The molecule has 2 aliphatic rings. The number of aliphatic hydroxyl groups is 4. The van der Waals surface area contributed by atoms with Crippen molar-refractivity contribution in [2.75, 3.05) is 6.61 Å². The van der Waals surface area contributed by atoms with E-state index in [4.69, 9.17) is 15.8 Å². The minimum absolute atomic E-state index is 0.0138. The highest BCUT2D eigenvalue weighted by Gasteiger charge is 2.77. The van der Waals surface area contributed by atoms with E-state index in [2.05, 4.69) is 4.85 Å². The van der Waals surface area contributed by atoms with E-state index in [9.17, 15) is 25.2 Å². The van der Waals surface area contributed by atoms with Gasteiger partial charge in [0.05, 0.1) is 13.0 Å². The largest absolute Gasteiger partial charge is 0.408 e. The Morgan fingerprint density at radius 2 is 1.82 bits per heavy atom. The van der Waals surface area contributed by atoms with Crippen LogP contribution in [0.4, 0.5) is 0 Å². The first-order chi connectivity index (χ1) is 15.3. The number of aliphatic hydroxyl groups excluding tert-OH is 3. The van der Waals surface area contributed by atoms with Crippen molar-refractivity contribution in [3.63, 3.8) is 0 Å². The van der Waals surface area contributed by atoms with Gasteiger partial charge in [-0.05, 0) is 23.7 Å². The summed E-state index contributed by atoms with van der Waals surface area (Å²) in [4.78, 5) is 21.8. The molecule has 4 N–H and O–H groups in total. The molecule has 1 saturated heterocycles. The van der Waals surface area contributed by atoms with Crippen molar-refractivity contribution in [2.24, 2.45) is 0 Å². The molecule has 182 valence electrons. The van der Waals surface area contributed by atoms with Crippen LogP contribution >= 0.6 is 0 Å². The van der Waals surface area contributed by atoms with Crippen molar-refractivity contribution in [1.29, 1.82) is 0 Å². The molecule has 2 fully saturated rings. The first-order valence-electron chi connectivity index (χ1n) is 11.0. The molecule has 1 spiro atoms. The molecule has 9 nitrogen and oxygen atoms in total. The van der Waals surface area contributed by atoms with Gasteiger partial charge in [-0.3, -0.25) is 9.63 Å². The number of hydrogen-bond donors (Lipinski definition) is 4. The Morgan fingerprint density at radius 3 is 2.30 bits per heavy atom. The van der Waals surface area contributed by atoms with E-state index in [0.29, 0.717) is 0 Å². The first kappa shape index (κ1) is 25.8. The Morgan fingerprint density at radius 1 is 1.21 bits per heavy atom. The third-order valence-electron chi connectivity index (χ3n) is 7.48. The molecule has 1 saturated carbocycles. The van der Waals surface area contributed by atoms with Gasteiger partial charge < -0.3 is 29.7 Å². The molecule has 1 aromatic rings. The van der Waals surface area contributed by atoms with Gasteiger partial charge in [0, 0.05) is 0 Å². The number of nitrogens with zero attached hydrogens (tertiary/aromatic N) is 2. The molecule has 0 unspecified atom stereocenters. The number of rotatable bonds is 6. The van der Waals surface area contributed by atoms with Crippen molar-refractivity contribution in [3.05, 3.63) is 47.3 Å². The number of hydrogen-bond acceptors (Lipinski definition) is 7. The van der Waals surface area contributed by atoms with Gasteiger partial charge in [0.15, 0.2) is 20.0 Å². The van der Waals surface area contributed by atoms with Gasteiger partial charge in [-0.2, -0.15) is 0 Å². The minimum Gasteiger partial charge on any atom is -0.408 e. The molecule has 10 heteroatoms. The summed E-state index contributed by atoms with van der Waals surface area (Å²) in [6.07, 6.45) is -5.06. The Hall–Kier alpha value is -1.84. The van der Waals surface area contributed by atoms with Crippen LogP contribution in [0, 0.1) is 6.57 Å². The second kappa shape index (κ2) is 8.74. The normalized spacial score (nSPS) is 34.8. The summed E-state index contributed by atoms with van der Waals surface area (Å²) in [7, 11) is -2.63. The van der Waals surface area contributed by atoms with Crippen molar-refractivity contribution in [1.82, 2.24) is 5.06 Å². The number of benzene rings is 1. The van der Waals surface area contributed by atoms with Gasteiger partial charge in [0.25, 0.3) is 6.04 Å². The second-order valence-corrected chi connectivity index (χ2v) is 15.3. The highest BCUT2D eigenvalue weighted by atomic mass is 28.4. The highest BCUT2D eigenvalue weighted by molar-refractivity contribution is 6.74. The zero-order chi connectivity index (χ0) is 24.8. The lowest BCUT2D eigenvalue weighted by atomic mass is 9.61. The number of β-lactam (4-membered cyclic amide) rings is 1. The molecule has 0 aromatic heterocycles.